The van der Waals surface area contributed by atoms with E-state index in [1.54, 1.807) is 18.2 Å². The standard InChI is InChI=1S/C15H16ClN3O4S.ClH/c16-12-5-4-10(11(9-17)8-15(20)21)7-13(12)19-24(22,23)14-3-1-2-6-18-14;/h1-7,11,19H,8-9,17H2,(H,20,21);1H/t11-;/m0./s1. The van der Waals surface area contributed by atoms with Gasteiger partial charge in [-0.25, -0.2) is 4.98 Å². The van der Waals surface area contributed by atoms with Crippen molar-refractivity contribution in [3.05, 3.63) is 53.2 Å². The summed E-state index contributed by atoms with van der Waals surface area (Å²) in [7, 11) is -3.90. The molecular weight excluding hydrogens is 389 g/mol. The van der Waals surface area contributed by atoms with Gasteiger partial charge in [-0.15, -0.1) is 12.4 Å². The lowest BCUT2D eigenvalue weighted by molar-refractivity contribution is -0.137. The lowest BCUT2D eigenvalue weighted by Crippen LogP contribution is -2.18. The number of hydrogen-bond donors (Lipinski definition) is 3. The first-order chi connectivity index (χ1) is 11.3. The predicted molar refractivity (Wildman–Crippen MR) is 97.8 cm³/mol. The number of sulfonamides is 1. The maximum atomic E-state index is 12.3. The molecule has 4 N–H and O–H groups in total. The van der Waals surface area contributed by atoms with Gasteiger partial charge >= 0.3 is 5.97 Å². The van der Waals surface area contributed by atoms with Gasteiger partial charge in [0.1, 0.15) is 0 Å². The second-order valence-corrected chi connectivity index (χ2v) is 7.08. The number of carbonyl (C=O) groups is 1. The minimum atomic E-state index is -3.90. The molecule has 0 radical (unpaired) electrons. The molecule has 0 aliphatic rings. The third kappa shape index (κ3) is 5.57. The van der Waals surface area contributed by atoms with Crippen molar-refractivity contribution < 1.29 is 18.3 Å². The van der Waals surface area contributed by atoms with Crippen LogP contribution in [0.3, 0.4) is 0 Å². The van der Waals surface area contributed by atoms with Crippen molar-refractivity contribution in [2.75, 3.05) is 11.3 Å². The summed E-state index contributed by atoms with van der Waals surface area (Å²) >= 11 is 6.05. The van der Waals surface area contributed by atoms with E-state index in [0.29, 0.717) is 5.56 Å². The Labute approximate surface area is 156 Å². The molecule has 136 valence electrons. The van der Waals surface area contributed by atoms with Crippen LogP contribution in [0.25, 0.3) is 0 Å². The van der Waals surface area contributed by atoms with Gasteiger partial charge in [-0.1, -0.05) is 23.7 Å². The van der Waals surface area contributed by atoms with E-state index < -0.39 is 21.9 Å². The number of aliphatic carboxylic acids is 1. The molecule has 0 amide bonds. The molecule has 1 aromatic carbocycles. The van der Waals surface area contributed by atoms with E-state index in [-0.39, 0.29) is 41.1 Å². The van der Waals surface area contributed by atoms with Crippen molar-refractivity contribution in [2.24, 2.45) is 5.73 Å². The molecule has 1 atom stereocenters. The summed E-state index contributed by atoms with van der Waals surface area (Å²) in [4.78, 5) is 14.7. The summed E-state index contributed by atoms with van der Waals surface area (Å²) in [5.74, 6) is -1.44. The number of nitrogens with two attached hydrogens (primary N) is 1. The van der Waals surface area contributed by atoms with Crippen molar-refractivity contribution in [3.8, 4) is 0 Å². The minimum absolute atomic E-state index is 0. The largest absolute Gasteiger partial charge is 0.481 e. The quantitative estimate of drug-likeness (QED) is 0.649. The maximum Gasteiger partial charge on any atom is 0.304 e. The normalized spacial score (nSPS) is 12.1. The third-order valence-electron chi connectivity index (χ3n) is 3.32. The average molecular weight is 406 g/mol. The first-order valence-corrected chi connectivity index (χ1v) is 8.84. The molecule has 0 saturated heterocycles. The van der Waals surface area contributed by atoms with Gasteiger partial charge < -0.3 is 10.8 Å². The zero-order valence-corrected chi connectivity index (χ0v) is 15.3. The number of carboxylic acid groups (broad SMARTS) is 1. The van der Waals surface area contributed by atoms with Crippen LogP contribution in [0.5, 0.6) is 0 Å². The first kappa shape index (κ1) is 21.2. The van der Waals surface area contributed by atoms with Gasteiger partial charge in [0.2, 0.25) is 0 Å². The van der Waals surface area contributed by atoms with Crippen LogP contribution < -0.4 is 10.5 Å². The van der Waals surface area contributed by atoms with Gasteiger partial charge in [0.25, 0.3) is 10.0 Å². The number of pyridine rings is 1. The van der Waals surface area contributed by atoms with Gasteiger partial charge in [-0.05, 0) is 36.4 Å². The van der Waals surface area contributed by atoms with E-state index in [1.165, 1.54) is 24.4 Å². The molecule has 25 heavy (non-hydrogen) atoms. The molecule has 0 aliphatic carbocycles. The Hall–Kier alpha value is -1.87. The Bertz CT molecular complexity index is 832. The van der Waals surface area contributed by atoms with Crippen LogP contribution in [0.2, 0.25) is 5.02 Å². The van der Waals surface area contributed by atoms with Gasteiger partial charge in [-0.3, -0.25) is 9.52 Å². The molecule has 2 rings (SSSR count). The van der Waals surface area contributed by atoms with Crippen LogP contribution >= 0.6 is 24.0 Å². The Morgan fingerprint density at radius 3 is 2.60 bits per heavy atom. The highest BCUT2D eigenvalue weighted by molar-refractivity contribution is 7.92. The summed E-state index contributed by atoms with van der Waals surface area (Å²) in [6.07, 6.45) is 1.20. The maximum absolute atomic E-state index is 12.3. The topological polar surface area (TPSA) is 122 Å². The molecule has 10 heteroatoms. The number of nitrogens with zero attached hydrogens (tertiary/aromatic N) is 1. The fourth-order valence-corrected chi connectivity index (χ4v) is 3.37. The van der Waals surface area contributed by atoms with Crippen LogP contribution in [-0.4, -0.2) is 31.0 Å². The van der Waals surface area contributed by atoms with Gasteiger partial charge in [0, 0.05) is 12.1 Å². The average Bonchev–Trinajstić information content (AvgIpc) is 2.55. The minimum Gasteiger partial charge on any atom is -0.481 e. The molecule has 0 unspecified atom stereocenters. The molecular formula is C15H17Cl2N3O4S. The van der Waals surface area contributed by atoms with Gasteiger partial charge in [0.15, 0.2) is 5.03 Å². The number of anilines is 1. The monoisotopic (exact) mass is 405 g/mol. The van der Waals surface area contributed by atoms with Crippen molar-refractivity contribution in [3.63, 3.8) is 0 Å². The molecule has 0 bridgehead atoms. The molecule has 0 spiro atoms. The van der Waals surface area contributed by atoms with Gasteiger partial charge in [-0.2, -0.15) is 8.42 Å². The van der Waals surface area contributed by atoms with Crippen molar-refractivity contribution in [1.82, 2.24) is 4.98 Å². The molecule has 2 aromatic rings. The van der Waals surface area contributed by atoms with E-state index in [0.717, 1.165) is 0 Å². The van der Waals surface area contributed by atoms with Crippen LogP contribution in [0.1, 0.15) is 17.9 Å². The molecule has 0 fully saturated rings. The lowest BCUT2D eigenvalue weighted by atomic mass is 9.95. The fraction of sp³-hybridized carbons (Fsp3) is 0.200. The van der Waals surface area contributed by atoms with E-state index in [4.69, 9.17) is 22.4 Å². The van der Waals surface area contributed by atoms with Crippen LogP contribution in [-0.2, 0) is 14.8 Å². The molecule has 0 saturated carbocycles. The number of aromatic nitrogens is 1. The van der Waals surface area contributed by atoms with Crippen LogP contribution in [0.4, 0.5) is 5.69 Å². The van der Waals surface area contributed by atoms with Crippen molar-refractivity contribution >= 4 is 45.7 Å². The van der Waals surface area contributed by atoms with Crippen molar-refractivity contribution in [2.45, 2.75) is 17.4 Å². The summed E-state index contributed by atoms with van der Waals surface area (Å²) in [5, 5.41) is 8.97. The summed E-state index contributed by atoms with van der Waals surface area (Å²) < 4.78 is 27.0. The number of halogens is 2. The Balaban J connectivity index is 0.00000312. The van der Waals surface area contributed by atoms with Crippen molar-refractivity contribution in [1.29, 1.82) is 0 Å². The highest BCUT2D eigenvalue weighted by atomic mass is 35.5. The summed E-state index contributed by atoms with van der Waals surface area (Å²) in [5.41, 5.74) is 6.34. The molecule has 0 aliphatic heterocycles. The number of rotatable bonds is 7. The zero-order chi connectivity index (χ0) is 17.7. The van der Waals surface area contributed by atoms with E-state index >= 15 is 0 Å². The number of benzene rings is 1. The zero-order valence-electron chi connectivity index (χ0n) is 12.9. The van der Waals surface area contributed by atoms with E-state index in [2.05, 4.69) is 9.71 Å². The number of carboxylic acids is 1. The number of hydrogen-bond acceptors (Lipinski definition) is 5. The Morgan fingerprint density at radius 2 is 2.04 bits per heavy atom. The van der Waals surface area contributed by atoms with E-state index in [9.17, 15) is 13.2 Å². The predicted octanol–water partition coefficient (Wildman–Crippen LogP) is 2.47. The third-order valence-corrected chi connectivity index (χ3v) is 4.94. The second kappa shape index (κ2) is 9.00. The number of nitrogens with one attached hydrogen (secondary N) is 1. The van der Waals surface area contributed by atoms with E-state index in [1.807, 2.05) is 0 Å². The van der Waals surface area contributed by atoms with Crippen LogP contribution in [0.15, 0.2) is 47.6 Å². The SMILES string of the molecule is Cl.NC[C@H](CC(=O)O)c1ccc(Cl)c(NS(=O)(=O)c2ccccn2)c1. The van der Waals surface area contributed by atoms with Gasteiger partial charge in [0.05, 0.1) is 17.1 Å². The lowest BCUT2D eigenvalue weighted by Gasteiger charge is -2.16. The second-order valence-electron chi connectivity index (χ2n) is 5.04. The molecule has 1 aromatic heterocycles. The Kier molecular flexibility index (Phi) is 7.62. The summed E-state index contributed by atoms with van der Waals surface area (Å²) in [6, 6.07) is 9.12. The smallest absolute Gasteiger partial charge is 0.304 e. The highest BCUT2D eigenvalue weighted by Gasteiger charge is 2.19. The molecule has 7 nitrogen and oxygen atoms in total. The highest BCUT2D eigenvalue weighted by Crippen LogP contribution is 2.29. The molecule has 1 heterocycles. The fourth-order valence-electron chi connectivity index (χ4n) is 2.13. The summed E-state index contributed by atoms with van der Waals surface area (Å²) in [6.45, 7) is 0.111. The Morgan fingerprint density at radius 1 is 1.32 bits per heavy atom. The van der Waals surface area contributed by atoms with Crippen LogP contribution in [0, 0.1) is 0 Å². The first-order valence-electron chi connectivity index (χ1n) is 6.98.